The molecule has 0 aromatic rings. The highest BCUT2D eigenvalue weighted by Crippen LogP contribution is 2.33. The van der Waals surface area contributed by atoms with Gasteiger partial charge < -0.3 is 5.48 Å². The molecule has 0 fully saturated rings. The van der Waals surface area contributed by atoms with E-state index in [1.165, 1.54) is 12.8 Å². The minimum absolute atomic E-state index is 0. The van der Waals surface area contributed by atoms with E-state index in [2.05, 4.69) is 48.5 Å². The molecule has 0 bridgehead atoms. The Labute approximate surface area is 115 Å². The SMILES string of the molecule is CCC(C)C(C)C(C)C(C)C(C)CC.O.O=[Si]=O. The molecule has 0 amide bonds. The topological polar surface area (TPSA) is 65.6 Å². The number of hydrogen-bond acceptors (Lipinski definition) is 2. The first kappa shape index (κ1) is 22.9. The highest BCUT2D eigenvalue weighted by atomic mass is 28.2. The molecule has 110 valence electrons. The van der Waals surface area contributed by atoms with Crippen LogP contribution >= 0.6 is 0 Å². The third kappa shape index (κ3) is 8.81. The zero-order valence-corrected chi connectivity index (χ0v) is 14.1. The second-order valence-corrected chi connectivity index (χ2v) is 5.60. The summed E-state index contributed by atoms with van der Waals surface area (Å²) in [6.07, 6.45) is 2.64. The Morgan fingerprint density at radius 3 is 1.11 bits per heavy atom. The minimum atomic E-state index is -1.42. The van der Waals surface area contributed by atoms with Crippen LogP contribution < -0.4 is 0 Å². The van der Waals surface area contributed by atoms with Crippen molar-refractivity contribution >= 4 is 9.29 Å². The number of hydrogen-bond donors (Lipinski definition) is 0. The summed E-state index contributed by atoms with van der Waals surface area (Å²) in [5.41, 5.74) is 0. The standard InChI is InChI=1S/C14H30.O2Si.H2O/c1-8-10(3)12(5)14(7)13(6)11(4)9-2;1-3-2;/h10-14H,8-9H2,1-7H3;;1H2. The van der Waals surface area contributed by atoms with Gasteiger partial charge in [-0.3, -0.25) is 8.92 Å². The molecular formula is C14H32O3Si. The smallest absolute Gasteiger partial charge is 0.412 e. The van der Waals surface area contributed by atoms with Gasteiger partial charge in [0.15, 0.2) is 0 Å². The molecule has 4 heteroatoms. The van der Waals surface area contributed by atoms with Crippen molar-refractivity contribution in [2.75, 3.05) is 0 Å². The summed E-state index contributed by atoms with van der Waals surface area (Å²) >= 11 is 0. The lowest BCUT2D eigenvalue weighted by Gasteiger charge is -2.33. The Bertz CT molecular complexity index is 199. The molecule has 0 aliphatic heterocycles. The van der Waals surface area contributed by atoms with Gasteiger partial charge >= 0.3 is 9.29 Å². The van der Waals surface area contributed by atoms with Crippen LogP contribution in [0.3, 0.4) is 0 Å². The molecule has 4 unspecified atom stereocenters. The monoisotopic (exact) mass is 276 g/mol. The lowest BCUT2D eigenvalue weighted by Crippen LogP contribution is -2.25. The molecule has 0 aromatic heterocycles. The van der Waals surface area contributed by atoms with Crippen LogP contribution in [0.2, 0.25) is 0 Å². The average Bonchev–Trinajstić information content (AvgIpc) is 2.34. The van der Waals surface area contributed by atoms with E-state index < -0.39 is 9.29 Å². The van der Waals surface area contributed by atoms with E-state index in [-0.39, 0.29) is 5.48 Å². The molecule has 3 nitrogen and oxygen atoms in total. The van der Waals surface area contributed by atoms with Crippen molar-refractivity contribution in [1.82, 2.24) is 0 Å². The van der Waals surface area contributed by atoms with Crippen LogP contribution in [0.15, 0.2) is 0 Å². The molecular weight excluding hydrogens is 244 g/mol. The van der Waals surface area contributed by atoms with E-state index in [9.17, 15) is 0 Å². The second kappa shape index (κ2) is 13.2. The molecule has 0 aliphatic rings. The van der Waals surface area contributed by atoms with Crippen molar-refractivity contribution in [3.05, 3.63) is 0 Å². The van der Waals surface area contributed by atoms with Crippen LogP contribution in [0.25, 0.3) is 0 Å². The van der Waals surface area contributed by atoms with E-state index in [0.717, 1.165) is 29.6 Å². The Morgan fingerprint density at radius 2 is 0.944 bits per heavy atom. The Morgan fingerprint density at radius 1 is 0.722 bits per heavy atom. The maximum atomic E-state index is 8.40. The molecule has 0 heterocycles. The highest BCUT2D eigenvalue weighted by Gasteiger charge is 2.25. The van der Waals surface area contributed by atoms with Gasteiger partial charge in [0.05, 0.1) is 0 Å². The maximum Gasteiger partial charge on any atom is 0.549 e. The molecule has 0 aliphatic carbocycles. The zero-order chi connectivity index (χ0) is 14.0. The first-order chi connectivity index (χ1) is 7.87. The predicted octanol–water partition coefficient (Wildman–Crippen LogP) is 3.54. The largest absolute Gasteiger partial charge is 0.549 e. The summed E-state index contributed by atoms with van der Waals surface area (Å²) in [7, 11) is -1.42. The van der Waals surface area contributed by atoms with Crippen LogP contribution in [0.4, 0.5) is 0 Å². The fourth-order valence-electron chi connectivity index (χ4n) is 2.26. The van der Waals surface area contributed by atoms with Crippen LogP contribution in [0.5, 0.6) is 0 Å². The molecule has 0 saturated heterocycles. The van der Waals surface area contributed by atoms with Gasteiger partial charge in [0, 0.05) is 0 Å². The first-order valence-corrected chi connectivity index (χ1v) is 7.68. The van der Waals surface area contributed by atoms with Crippen LogP contribution in [-0.4, -0.2) is 14.8 Å². The van der Waals surface area contributed by atoms with Gasteiger partial charge in [-0.05, 0) is 29.6 Å². The Kier molecular flexibility index (Phi) is 16.8. The first-order valence-electron chi connectivity index (χ1n) is 6.86. The lowest BCUT2D eigenvalue weighted by atomic mass is 9.73. The molecule has 0 radical (unpaired) electrons. The zero-order valence-electron chi connectivity index (χ0n) is 13.1. The van der Waals surface area contributed by atoms with Crippen molar-refractivity contribution in [3.8, 4) is 0 Å². The maximum absolute atomic E-state index is 8.40. The van der Waals surface area contributed by atoms with Crippen LogP contribution in [0, 0.1) is 29.6 Å². The molecule has 2 N–H and O–H groups in total. The van der Waals surface area contributed by atoms with E-state index in [1.54, 1.807) is 0 Å². The lowest BCUT2D eigenvalue weighted by molar-refractivity contribution is 0.164. The average molecular weight is 276 g/mol. The van der Waals surface area contributed by atoms with Crippen molar-refractivity contribution in [2.24, 2.45) is 29.6 Å². The summed E-state index contributed by atoms with van der Waals surface area (Å²) in [5.74, 6) is 4.33. The Balaban J connectivity index is -0.000000507. The van der Waals surface area contributed by atoms with Crippen molar-refractivity contribution in [1.29, 1.82) is 0 Å². The van der Waals surface area contributed by atoms with E-state index in [0.29, 0.717) is 0 Å². The molecule has 0 aromatic carbocycles. The molecule has 0 spiro atoms. The van der Waals surface area contributed by atoms with Gasteiger partial charge in [0.25, 0.3) is 0 Å². The predicted molar refractivity (Wildman–Crippen MR) is 77.1 cm³/mol. The Hall–Kier alpha value is -0.223. The van der Waals surface area contributed by atoms with Crippen LogP contribution in [-0.2, 0) is 8.92 Å². The van der Waals surface area contributed by atoms with Gasteiger partial charge in [0.2, 0.25) is 0 Å². The molecule has 0 saturated carbocycles. The number of rotatable bonds is 6. The third-order valence-corrected chi connectivity index (χ3v) is 4.74. The van der Waals surface area contributed by atoms with Crippen LogP contribution in [0.1, 0.15) is 61.3 Å². The minimum Gasteiger partial charge on any atom is -0.412 e. The second-order valence-electron chi connectivity index (χ2n) is 5.43. The fourth-order valence-corrected chi connectivity index (χ4v) is 2.26. The summed E-state index contributed by atoms with van der Waals surface area (Å²) in [6, 6.07) is 0. The molecule has 18 heavy (non-hydrogen) atoms. The summed E-state index contributed by atoms with van der Waals surface area (Å²) < 4.78 is 16.8. The molecule has 4 atom stereocenters. The van der Waals surface area contributed by atoms with E-state index in [1.807, 2.05) is 0 Å². The molecule has 0 rings (SSSR count). The summed E-state index contributed by atoms with van der Waals surface area (Å²) in [4.78, 5) is 0. The third-order valence-electron chi connectivity index (χ3n) is 4.74. The quantitative estimate of drug-likeness (QED) is 0.696. The van der Waals surface area contributed by atoms with E-state index in [4.69, 9.17) is 8.92 Å². The fraction of sp³-hybridized carbons (Fsp3) is 1.00. The van der Waals surface area contributed by atoms with Gasteiger partial charge in [-0.1, -0.05) is 61.3 Å². The van der Waals surface area contributed by atoms with Gasteiger partial charge in [-0.2, -0.15) is 0 Å². The summed E-state index contributed by atoms with van der Waals surface area (Å²) in [6.45, 7) is 16.7. The van der Waals surface area contributed by atoms with Gasteiger partial charge in [-0.25, -0.2) is 0 Å². The normalized spacial score (nSPS) is 17.9. The summed E-state index contributed by atoms with van der Waals surface area (Å²) in [5, 5.41) is 0. The van der Waals surface area contributed by atoms with Gasteiger partial charge in [0.1, 0.15) is 0 Å². The van der Waals surface area contributed by atoms with E-state index >= 15 is 0 Å². The van der Waals surface area contributed by atoms with Crippen molar-refractivity contribution in [2.45, 2.75) is 61.3 Å². The van der Waals surface area contributed by atoms with Crippen molar-refractivity contribution in [3.63, 3.8) is 0 Å². The van der Waals surface area contributed by atoms with Gasteiger partial charge in [-0.15, -0.1) is 0 Å². The highest BCUT2D eigenvalue weighted by molar-refractivity contribution is 5.94. The van der Waals surface area contributed by atoms with Crippen molar-refractivity contribution < 1.29 is 14.4 Å².